The topological polar surface area (TPSA) is 54.0 Å². The zero-order valence-electron chi connectivity index (χ0n) is 16.9. The highest BCUT2D eigenvalue weighted by Gasteiger charge is 2.54. The van der Waals surface area contributed by atoms with Gasteiger partial charge in [0.15, 0.2) is 14.4 Å². The monoisotopic (exact) mass is 380 g/mol. The number of ether oxygens (including phenoxy) is 3. The van der Waals surface area contributed by atoms with Crippen LogP contribution >= 0.6 is 0 Å². The predicted molar refractivity (Wildman–Crippen MR) is 103 cm³/mol. The second kappa shape index (κ2) is 8.21. The lowest BCUT2D eigenvalue weighted by Gasteiger charge is -2.50. The lowest BCUT2D eigenvalue weighted by atomic mass is 9.97. The molecule has 5 nitrogen and oxygen atoms in total. The van der Waals surface area contributed by atoms with E-state index >= 15 is 0 Å². The van der Waals surface area contributed by atoms with Crippen LogP contribution in [0.3, 0.4) is 0 Å². The quantitative estimate of drug-likeness (QED) is 0.530. The summed E-state index contributed by atoms with van der Waals surface area (Å²) in [6, 6.07) is 10.00. The summed E-state index contributed by atoms with van der Waals surface area (Å²) in [4.78, 5) is 12.0. The molecule has 1 heterocycles. The van der Waals surface area contributed by atoms with E-state index in [9.17, 15) is 4.79 Å². The van der Waals surface area contributed by atoms with Crippen LogP contribution < -0.4 is 0 Å². The third-order valence-electron chi connectivity index (χ3n) is 5.41. The summed E-state index contributed by atoms with van der Waals surface area (Å²) >= 11 is 0. The number of benzene rings is 1. The molecule has 0 spiro atoms. The summed E-state index contributed by atoms with van der Waals surface area (Å²) < 4.78 is 23.2. The van der Waals surface area contributed by atoms with Crippen molar-refractivity contribution in [3.63, 3.8) is 0 Å². The first-order valence-electron chi connectivity index (χ1n) is 9.13. The van der Waals surface area contributed by atoms with Crippen molar-refractivity contribution in [2.45, 2.75) is 76.8 Å². The average Bonchev–Trinajstić information content (AvgIpc) is 2.56. The van der Waals surface area contributed by atoms with Gasteiger partial charge in [-0.2, -0.15) is 0 Å². The standard InChI is InChI=1S/C20H32O5Si/c1-14(23-13-15-11-9-8-10-12-15)16-17(18(24-16)19(21)22-5)25-26(6,7)20(2,3)4/h8-12,14,16-18H,13H2,1-7H3/t14-,16-,17-,18+/m0/s1. The summed E-state index contributed by atoms with van der Waals surface area (Å²) in [5.74, 6) is -0.389. The van der Waals surface area contributed by atoms with Crippen LogP contribution in [0, 0.1) is 0 Å². The van der Waals surface area contributed by atoms with E-state index in [0.29, 0.717) is 6.61 Å². The van der Waals surface area contributed by atoms with Crippen LogP contribution in [0.4, 0.5) is 0 Å². The minimum atomic E-state index is -2.06. The Balaban J connectivity index is 2.05. The van der Waals surface area contributed by atoms with Crippen molar-refractivity contribution in [1.82, 2.24) is 0 Å². The van der Waals surface area contributed by atoms with Gasteiger partial charge < -0.3 is 18.6 Å². The van der Waals surface area contributed by atoms with Gasteiger partial charge in [0, 0.05) is 0 Å². The van der Waals surface area contributed by atoms with E-state index < -0.39 is 14.4 Å². The molecule has 26 heavy (non-hydrogen) atoms. The zero-order chi connectivity index (χ0) is 19.5. The Morgan fingerprint density at radius 2 is 1.85 bits per heavy atom. The van der Waals surface area contributed by atoms with Crippen LogP contribution in [-0.2, 0) is 30.0 Å². The molecule has 0 aliphatic carbocycles. The third-order valence-corrected chi connectivity index (χ3v) is 9.89. The van der Waals surface area contributed by atoms with Crippen molar-refractivity contribution in [3.8, 4) is 0 Å². The van der Waals surface area contributed by atoms with E-state index in [1.807, 2.05) is 37.3 Å². The first kappa shape index (κ1) is 21.1. The van der Waals surface area contributed by atoms with Gasteiger partial charge in [-0.05, 0) is 30.6 Å². The van der Waals surface area contributed by atoms with E-state index in [1.165, 1.54) is 7.11 Å². The first-order valence-corrected chi connectivity index (χ1v) is 12.0. The molecule has 2 rings (SSSR count). The zero-order valence-corrected chi connectivity index (χ0v) is 17.9. The predicted octanol–water partition coefficient (Wildman–Crippen LogP) is 3.92. The fraction of sp³-hybridized carbons (Fsp3) is 0.650. The number of esters is 1. The highest BCUT2D eigenvalue weighted by molar-refractivity contribution is 6.74. The molecule has 0 aromatic heterocycles. The van der Waals surface area contributed by atoms with Crippen LogP contribution in [0.2, 0.25) is 18.1 Å². The molecule has 1 aliphatic rings. The van der Waals surface area contributed by atoms with Crippen LogP contribution in [-0.4, -0.2) is 45.8 Å². The normalized spacial score (nSPS) is 24.7. The van der Waals surface area contributed by atoms with Gasteiger partial charge >= 0.3 is 5.97 Å². The van der Waals surface area contributed by atoms with Crippen molar-refractivity contribution in [2.24, 2.45) is 0 Å². The van der Waals surface area contributed by atoms with Crippen LogP contribution in [0.25, 0.3) is 0 Å². The van der Waals surface area contributed by atoms with Crippen molar-refractivity contribution < 1.29 is 23.4 Å². The molecule has 0 unspecified atom stereocenters. The fourth-order valence-electron chi connectivity index (χ4n) is 2.63. The molecule has 0 N–H and O–H groups in total. The Kier molecular flexibility index (Phi) is 6.66. The minimum Gasteiger partial charge on any atom is -0.467 e. The number of hydrogen-bond acceptors (Lipinski definition) is 5. The van der Waals surface area contributed by atoms with E-state index in [1.54, 1.807) is 0 Å². The molecule has 1 aromatic carbocycles. The Hall–Kier alpha value is -1.21. The molecule has 0 amide bonds. The van der Waals surface area contributed by atoms with Gasteiger partial charge in [0.1, 0.15) is 12.2 Å². The van der Waals surface area contributed by atoms with E-state index in [0.717, 1.165) is 5.56 Å². The van der Waals surface area contributed by atoms with Crippen LogP contribution in [0.15, 0.2) is 30.3 Å². The Morgan fingerprint density at radius 1 is 1.23 bits per heavy atom. The molecular formula is C20H32O5Si. The van der Waals surface area contributed by atoms with E-state index in [-0.39, 0.29) is 29.3 Å². The molecule has 146 valence electrons. The number of carbonyl (C=O) groups is 1. The van der Waals surface area contributed by atoms with Gasteiger partial charge in [0.2, 0.25) is 0 Å². The Labute approximate surface area is 158 Å². The molecule has 0 radical (unpaired) electrons. The number of rotatable bonds is 7. The van der Waals surface area contributed by atoms with Crippen molar-refractivity contribution in [1.29, 1.82) is 0 Å². The smallest absolute Gasteiger partial charge is 0.337 e. The second-order valence-electron chi connectivity index (χ2n) is 8.39. The molecule has 1 aliphatic heterocycles. The minimum absolute atomic E-state index is 0.0436. The van der Waals surface area contributed by atoms with Gasteiger partial charge in [-0.25, -0.2) is 4.79 Å². The Bertz CT molecular complexity index is 596. The number of methoxy groups -OCH3 is 1. The largest absolute Gasteiger partial charge is 0.467 e. The molecule has 1 saturated heterocycles. The molecule has 0 saturated carbocycles. The third kappa shape index (κ3) is 4.74. The van der Waals surface area contributed by atoms with Crippen molar-refractivity contribution in [2.75, 3.05) is 7.11 Å². The highest BCUT2D eigenvalue weighted by atomic mass is 28.4. The molecule has 1 fully saturated rings. The van der Waals surface area contributed by atoms with E-state index in [4.69, 9.17) is 18.6 Å². The average molecular weight is 381 g/mol. The molecular weight excluding hydrogens is 348 g/mol. The lowest BCUT2D eigenvalue weighted by molar-refractivity contribution is -0.254. The molecule has 1 aromatic rings. The van der Waals surface area contributed by atoms with Gasteiger partial charge in [-0.3, -0.25) is 0 Å². The first-order chi connectivity index (χ1) is 12.1. The second-order valence-corrected chi connectivity index (χ2v) is 13.1. The van der Waals surface area contributed by atoms with Gasteiger partial charge in [-0.1, -0.05) is 51.1 Å². The van der Waals surface area contributed by atoms with Gasteiger partial charge in [0.05, 0.1) is 19.8 Å². The molecule has 0 bridgehead atoms. The van der Waals surface area contributed by atoms with Gasteiger partial charge in [-0.15, -0.1) is 0 Å². The SMILES string of the molecule is COC(=O)[C@@H]1O[C@@H]([C@H](C)OCc2ccccc2)[C@@H]1O[Si](C)(C)C(C)(C)C. The lowest BCUT2D eigenvalue weighted by Crippen LogP contribution is -2.66. The maximum Gasteiger partial charge on any atom is 0.337 e. The summed E-state index contributed by atoms with van der Waals surface area (Å²) in [6.07, 6.45) is -1.49. The molecule has 6 heteroatoms. The van der Waals surface area contributed by atoms with Crippen molar-refractivity contribution in [3.05, 3.63) is 35.9 Å². The number of hydrogen-bond donors (Lipinski definition) is 0. The summed E-state index contributed by atoms with van der Waals surface area (Å²) in [5.41, 5.74) is 1.10. The fourth-order valence-corrected chi connectivity index (χ4v) is 3.92. The number of carbonyl (C=O) groups excluding carboxylic acids is 1. The molecule has 4 atom stereocenters. The maximum atomic E-state index is 12.0. The van der Waals surface area contributed by atoms with Gasteiger partial charge in [0.25, 0.3) is 0 Å². The Morgan fingerprint density at radius 3 is 2.38 bits per heavy atom. The van der Waals surface area contributed by atoms with Crippen LogP contribution in [0.1, 0.15) is 33.3 Å². The summed E-state index contributed by atoms with van der Waals surface area (Å²) in [7, 11) is -0.683. The van der Waals surface area contributed by atoms with Crippen LogP contribution in [0.5, 0.6) is 0 Å². The highest BCUT2D eigenvalue weighted by Crippen LogP contribution is 2.41. The van der Waals surface area contributed by atoms with Crippen molar-refractivity contribution >= 4 is 14.3 Å². The summed E-state index contributed by atoms with van der Waals surface area (Å²) in [5, 5.41) is 0.0436. The van der Waals surface area contributed by atoms with E-state index in [2.05, 4.69) is 33.9 Å². The summed E-state index contributed by atoms with van der Waals surface area (Å²) in [6.45, 7) is 13.3. The maximum absolute atomic E-state index is 12.0.